The number of anilines is 1. The number of benzene rings is 2. The van der Waals surface area contributed by atoms with E-state index in [4.69, 9.17) is 0 Å². The van der Waals surface area contributed by atoms with Gasteiger partial charge in [-0.3, -0.25) is 14.7 Å². The summed E-state index contributed by atoms with van der Waals surface area (Å²) in [5, 5.41) is 0.531. The molecule has 0 aliphatic heterocycles. The maximum Gasteiger partial charge on any atom is 0.239 e. The Bertz CT molecular complexity index is 1310. The number of thioether (sulfide) groups is 1. The van der Waals surface area contributed by atoms with Crippen LogP contribution in [-0.4, -0.2) is 36.3 Å². The lowest BCUT2D eigenvalue weighted by Crippen LogP contribution is -2.31. The Balaban J connectivity index is 1.65. The van der Waals surface area contributed by atoms with Gasteiger partial charge in [0.2, 0.25) is 5.91 Å². The zero-order chi connectivity index (χ0) is 21.8. The smallest absolute Gasteiger partial charge is 0.239 e. The highest BCUT2D eigenvalue weighted by Crippen LogP contribution is 2.32. The molecular formula is C22H19N3O3S3. The van der Waals surface area contributed by atoms with E-state index in [2.05, 4.69) is 9.97 Å². The summed E-state index contributed by atoms with van der Waals surface area (Å²) in [6, 6.07) is 18.3. The molecule has 0 aliphatic rings. The molecular weight excluding hydrogens is 450 g/mol. The van der Waals surface area contributed by atoms with Gasteiger partial charge in [-0.15, -0.1) is 11.8 Å². The third-order valence-corrected chi connectivity index (χ3v) is 7.63. The molecule has 31 heavy (non-hydrogen) atoms. The third-order valence-electron chi connectivity index (χ3n) is 4.48. The number of carbonyl (C=O) groups excluding carboxylic acids is 1. The lowest BCUT2D eigenvalue weighted by molar-refractivity contribution is -0.116. The van der Waals surface area contributed by atoms with Crippen LogP contribution < -0.4 is 4.90 Å². The first-order chi connectivity index (χ1) is 14.9. The second-order valence-corrected chi connectivity index (χ2v) is 10.9. The van der Waals surface area contributed by atoms with E-state index in [1.54, 1.807) is 35.5 Å². The Morgan fingerprint density at radius 2 is 1.90 bits per heavy atom. The number of pyridine rings is 1. The van der Waals surface area contributed by atoms with Crippen LogP contribution in [0.25, 0.3) is 10.2 Å². The van der Waals surface area contributed by atoms with Crippen LogP contribution in [0.1, 0.15) is 5.56 Å². The molecule has 0 saturated heterocycles. The van der Waals surface area contributed by atoms with Gasteiger partial charge in [0.1, 0.15) is 0 Å². The molecule has 0 N–H and O–H groups in total. The fourth-order valence-corrected chi connectivity index (χ4v) is 5.45. The van der Waals surface area contributed by atoms with Gasteiger partial charge < -0.3 is 0 Å². The van der Waals surface area contributed by atoms with Crippen molar-refractivity contribution in [2.45, 2.75) is 16.3 Å². The topological polar surface area (TPSA) is 80.2 Å². The van der Waals surface area contributed by atoms with Gasteiger partial charge in [-0.05, 0) is 42.0 Å². The van der Waals surface area contributed by atoms with Crippen molar-refractivity contribution in [1.82, 2.24) is 9.97 Å². The second kappa shape index (κ2) is 9.17. The number of aromatic nitrogens is 2. The molecule has 2 aromatic carbocycles. The predicted molar refractivity (Wildman–Crippen MR) is 125 cm³/mol. The first-order valence-electron chi connectivity index (χ1n) is 9.38. The van der Waals surface area contributed by atoms with Crippen molar-refractivity contribution in [3.05, 3.63) is 78.6 Å². The number of fused-ring (bicyclic) bond motifs is 1. The second-order valence-electron chi connectivity index (χ2n) is 6.84. The minimum atomic E-state index is -3.32. The molecule has 4 aromatic rings. The Hall–Kier alpha value is -2.75. The first kappa shape index (κ1) is 21.5. The van der Waals surface area contributed by atoms with E-state index in [0.29, 0.717) is 17.2 Å². The van der Waals surface area contributed by atoms with Gasteiger partial charge in [0, 0.05) is 23.5 Å². The SMILES string of the molecule is CS(=O)(=O)c1ccc2nc(N(Cc3cccnc3)C(=O)CSc3ccccc3)sc2c1. The van der Waals surface area contributed by atoms with Gasteiger partial charge in [-0.2, -0.15) is 0 Å². The summed E-state index contributed by atoms with van der Waals surface area (Å²) >= 11 is 2.77. The molecule has 6 nitrogen and oxygen atoms in total. The molecule has 158 valence electrons. The van der Waals surface area contributed by atoms with Crippen LogP contribution >= 0.6 is 23.1 Å². The Morgan fingerprint density at radius 3 is 2.61 bits per heavy atom. The third kappa shape index (κ3) is 5.30. The highest BCUT2D eigenvalue weighted by atomic mass is 32.2. The quantitative estimate of drug-likeness (QED) is 0.373. The lowest BCUT2D eigenvalue weighted by Gasteiger charge is -2.19. The van der Waals surface area contributed by atoms with E-state index in [9.17, 15) is 13.2 Å². The summed E-state index contributed by atoms with van der Waals surface area (Å²) in [6.07, 6.45) is 4.58. The minimum absolute atomic E-state index is 0.0832. The molecule has 0 spiro atoms. The van der Waals surface area contributed by atoms with E-state index in [1.807, 2.05) is 42.5 Å². The average Bonchev–Trinajstić information content (AvgIpc) is 3.20. The fourth-order valence-electron chi connectivity index (χ4n) is 2.92. The van der Waals surface area contributed by atoms with Crippen molar-refractivity contribution in [3.8, 4) is 0 Å². The minimum Gasteiger partial charge on any atom is -0.283 e. The van der Waals surface area contributed by atoms with Crippen LogP contribution in [0.4, 0.5) is 5.13 Å². The summed E-state index contributed by atoms with van der Waals surface area (Å²) in [5.74, 6) is 0.175. The molecule has 0 saturated carbocycles. The van der Waals surface area contributed by atoms with Crippen LogP contribution in [0.15, 0.2) is 82.8 Å². The number of sulfone groups is 1. The van der Waals surface area contributed by atoms with Gasteiger partial charge >= 0.3 is 0 Å². The van der Waals surface area contributed by atoms with Gasteiger partial charge in [-0.1, -0.05) is 35.6 Å². The fraction of sp³-hybridized carbons (Fsp3) is 0.136. The van der Waals surface area contributed by atoms with Crippen LogP contribution in [0.3, 0.4) is 0 Å². The molecule has 1 amide bonds. The van der Waals surface area contributed by atoms with Crippen LogP contribution in [-0.2, 0) is 21.2 Å². The van der Waals surface area contributed by atoms with Crippen molar-refractivity contribution in [1.29, 1.82) is 0 Å². The molecule has 4 rings (SSSR count). The molecule has 9 heteroatoms. The van der Waals surface area contributed by atoms with Crippen molar-refractivity contribution in [2.24, 2.45) is 0 Å². The molecule has 0 radical (unpaired) electrons. The van der Waals surface area contributed by atoms with E-state index >= 15 is 0 Å². The number of rotatable bonds is 7. The Labute approximate surface area is 188 Å². The average molecular weight is 470 g/mol. The first-order valence-corrected chi connectivity index (χ1v) is 13.1. The highest BCUT2D eigenvalue weighted by molar-refractivity contribution is 8.00. The Kier molecular flexibility index (Phi) is 6.35. The summed E-state index contributed by atoms with van der Waals surface area (Å²) in [4.78, 5) is 24.8. The molecule has 0 atom stereocenters. The summed E-state index contributed by atoms with van der Waals surface area (Å²) in [7, 11) is -3.32. The lowest BCUT2D eigenvalue weighted by atomic mass is 10.2. The highest BCUT2D eigenvalue weighted by Gasteiger charge is 2.21. The molecule has 0 aliphatic carbocycles. The summed E-state index contributed by atoms with van der Waals surface area (Å²) < 4.78 is 24.5. The van der Waals surface area contributed by atoms with Crippen molar-refractivity contribution in [2.75, 3.05) is 16.9 Å². The van der Waals surface area contributed by atoms with E-state index in [1.165, 1.54) is 29.4 Å². The molecule has 0 fully saturated rings. The van der Waals surface area contributed by atoms with E-state index in [0.717, 1.165) is 15.2 Å². The van der Waals surface area contributed by atoms with Crippen molar-refractivity contribution in [3.63, 3.8) is 0 Å². The number of hydrogen-bond acceptors (Lipinski definition) is 7. The molecule has 0 bridgehead atoms. The number of nitrogens with zero attached hydrogens (tertiary/aromatic N) is 3. The summed E-state index contributed by atoms with van der Waals surface area (Å²) in [5.41, 5.74) is 1.55. The Morgan fingerprint density at radius 1 is 1.10 bits per heavy atom. The van der Waals surface area contributed by atoms with Crippen LogP contribution in [0.5, 0.6) is 0 Å². The van der Waals surface area contributed by atoms with E-state index in [-0.39, 0.29) is 16.6 Å². The van der Waals surface area contributed by atoms with Gasteiger partial charge in [-0.25, -0.2) is 13.4 Å². The van der Waals surface area contributed by atoms with Crippen LogP contribution in [0, 0.1) is 0 Å². The number of amides is 1. The maximum absolute atomic E-state index is 13.2. The van der Waals surface area contributed by atoms with Crippen molar-refractivity contribution >= 4 is 54.2 Å². The number of carbonyl (C=O) groups is 1. The number of hydrogen-bond donors (Lipinski definition) is 0. The number of thiazole rings is 1. The standard InChI is InChI=1S/C22H19N3O3S3/c1-31(27,28)18-9-10-19-20(12-18)30-22(24-19)25(14-16-6-5-11-23-13-16)21(26)15-29-17-7-3-2-4-8-17/h2-13H,14-15H2,1H3. The normalized spacial score (nSPS) is 11.5. The molecule has 2 aromatic heterocycles. The monoisotopic (exact) mass is 469 g/mol. The zero-order valence-corrected chi connectivity index (χ0v) is 19.1. The van der Waals surface area contributed by atoms with Gasteiger partial charge in [0.25, 0.3) is 0 Å². The van der Waals surface area contributed by atoms with Gasteiger partial charge in [0.05, 0.1) is 27.4 Å². The molecule has 0 unspecified atom stereocenters. The van der Waals surface area contributed by atoms with E-state index < -0.39 is 9.84 Å². The predicted octanol–water partition coefficient (Wildman–Crippen LogP) is 4.42. The maximum atomic E-state index is 13.2. The summed E-state index contributed by atoms with van der Waals surface area (Å²) in [6.45, 7) is 0.334. The van der Waals surface area contributed by atoms with Crippen molar-refractivity contribution < 1.29 is 13.2 Å². The van der Waals surface area contributed by atoms with Crippen LogP contribution in [0.2, 0.25) is 0 Å². The molecule has 2 heterocycles. The largest absolute Gasteiger partial charge is 0.283 e. The zero-order valence-electron chi connectivity index (χ0n) is 16.6. The van der Waals surface area contributed by atoms with Gasteiger partial charge in [0.15, 0.2) is 15.0 Å².